The lowest BCUT2D eigenvalue weighted by Gasteiger charge is -2.33. The highest BCUT2D eigenvalue weighted by Crippen LogP contribution is 2.23. The van der Waals surface area contributed by atoms with E-state index in [9.17, 15) is 9.59 Å². The van der Waals surface area contributed by atoms with Crippen LogP contribution in [0.4, 0.5) is 5.69 Å². The molecule has 1 saturated heterocycles. The number of hydrogen-bond donors (Lipinski definition) is 1. The Morgan fingerprint density at radius 1 is 1.07 bits per heavy atom. The van der Waals surface area contributed by atoms with Gasteiger partial charge in [0.2, 0.25) is 0 Å². The summed E-state index contributed by atoms with van der Waals surface area (Å²) in [4.78, 5) is 27.5. The summed E-state index contributed by atoms with van der Waals surface area (Å²) in [6.07, 6.45) is 6.54. The van der Waals surface area contributed by atoms with Gasteiger partial charge in [-0.05, 0) is 69.0 Å². The third kappa shape index (κ3) is 4.13. The van der Waals surface area contributed by atoms with Crippen LogP contribution in [0.25, 0.3) is 5.69 Å². The lowest BCUT2D eigenvalue weighted by molar-refractivity contribution is 0.0635. The summed E-state index contributed by atoms with van der Waals surface area (Å²) in [5.41, 5.74) is 3.57. The van der Waals surface area contributed by atoms with Crippen molar-refractivity contribution in [2.45, 2.75) is 39.2 Å². The van der Waals surface area contributed by atoms with E-state index in [1.165, 1.54) is 6.42 Å². The first-order valence-electron chi connectivity index (χ1n) is 10.4. The van der Waals surface area contributed by atoms with Crippen molar-refractivity contribution in [1.82, 2.24) is 14.7 Å². The van der Waals surface area contributed by atoms with Gasteiger partial charge >= 0.3 is 0 Å². The first-order valence-corrected chi connectivity index (χ1v) is 10.4. The maximum absolute atomic E-state index is 12.9. The summed E-state index contributed by atoms with van der Waals surface area (Å²) in [7, 11) is 0. The molecule has 0 saturated carbocycles. The maximum atomic E-state index is 12.9. The molecule has 1 aliphatic rings. The van der Waals surface area contributed by atoms with Gasteiger partial charge < -0.3 is 10.2 Å². The third-order valence-corrected chi connectivity index (χ3v) is 5.65. The van der Waals surface area contributed by atoms with Gasteiger partial charge in [-0.3, -0.25) is 9.59 Å². The molecule has 6 nitrogen and oxygen atoms in total. The van der Waals surface area contributed by atoms with Crippen molar-refractivity contribution in [2.75, 3.05) is 11.9 Å². The smallest absolute Gasteiger partial charge is 0.258 e. The van der Waals surface area contributed by atoms with Crippen LogP contribution in [0.2, 0.25) is 0 Å². The topological polar surface area (TPSA) is 67.2 Å². The van der Waals surface area contributed by atoms with Gasteiger partial charge in [0.25, 0.3) is 11.8 Å². The molecule has 0 bridgehead atoms. The van der Waals surface area contributed by atoms with Crippen molar-refractivity contribution in [1.29, 1.82) is 0 Å². The summed E-state index contributed by atoms with van der Waals surface area (Å²) in [6.45, 7) is 4.82. The first kappa shape index (κ1) is 19.9. The summed E-state index contributed by atoms with van der Waals surface area (Å²) in [5, 5.41) is 7.20. The number of nitrogens with zero attached hydrogens (tertiary/aromatic N) is 3. The molecule has 0 aliphatic carbocycles. The SMILES string of the molecule is Cc1cc(C(=O)N2CCCCC2C)ccc1NC(=O)c1cnn(-c2ccccc2)c1. The fourth-order valence-electron chi connectivity index (χ4n) is 3.86. The van der Waals surface area contributed by atoms with Gasteiger partial charge in [-0.15, -0.1) is 0 Å². The van der Waals surface area contributed by atoms with Crippen molar-refractivity contribution in [3.63, 3.8) is 0 Å². The van der Waals surface area contributed by atoms with Crippen molar-refractivity contribution in [3.05, 3.63) is 77.6 Å². The van der Waals surface area contributed by atoms with Crippen LogP contribution >= 0.6 is 0 Å². The number of hydrogen-bond acceptors (Lipinski definition) is 3. The second-order valence-corrected chi connectivity index (χ2v) is 7.84. The monoisotopic (exact) mass is 402 g/mol. The summed E-state index contributed by atoms with van der Waals surface area (Å²) in [5.74, 6) is -0.170. The van der Waals surface area contributed by atoms with Gasteiger partial charge in [-0.2, -0.15) is 5.10 Å². The molecular weight excluding hydrogens is 376 g/mol. The summed E-state index contributed by atoms with van der Waals surface area (Å²) >= 11 is 0. The number of rotatable bonds is 4. The number of nitrogens with one attached hydrogen (secondary N) is 1. The molecule has 2 aromatic carbocycles. The number of aryl methyl sites for hydroxylation is 1. The van der Waals surface area contributed by atoms with Crippen LogP contribution in [0.1, 0.15) is 52.5 Å². The normalized spacial score (nSPS) is 16.3. The number of benzene rings is 2. The van der Waals surface area contributed by atoms with E-state index in [2.05, 4.69) is 17.3 Å². The highest BCUT2D eigenvalue weighted by molar-refractivity contribution is 6.04. The standard InChI is InChI=1S/C24H26N4O2/c1-17-14-19(24(30)27-13-7-6-8-18(27)2)11-12-22(17)26-23(29)20-15-25-28(16-20)21-9-4-3-5-10-21/h3-5,9-12,14-16,18H,6-8,13H2,1-2H3,(H,26,29). The number of carbonyl (C=O) groups excluding carboxylic acids is 2. The molecule has 2 amide bonds. The second kappa shape index (κ2) is 8.53. The first-order chi connectivity index (χ1) is 14.5. The molecule has 154 valence electrons. The van der Waals surface area contributed by atoms with E-state index in [-0.39, 0.29) is 17.9 Å². The Bertz CT molecular complexity index is 1060. The van der Waals surface area contributed by atoms with Crippen LogP contribution in [0, 0.1) is 6.92 Å². The van der Waals surface area contributed by atoms with E-state index >= 15 is 0 Å². The fourth-order valence-corrected chi connectivity index (χ4v) is 3.86. The van der Waals surface area contributed by atoms with Crippen molar-refractivity contribution < 1.29 is 9.59 Å². The largest absolute Gasteiger partial charge is 0.336 e. The van der Waals surface area contributed by atoms with E-state index in [0.29, 0.717) is 16.8 Å². The highest BCUT2D eigenvalue weighted by atomic mass is 16.2. The van der Waals surface area contributed by atoms with Gasteiger partial charge in [0.15, 0.2) is 0 Å². The molecule has 6 heteroatoms. The minimum atomic E-state index is -0.232. The quantitative estimate of drug-likeness (QED) is 0.701. The Hall–Kier alpha value is -3.41. The summed E-state index contributed by atoms with van der Waals surface area (Å²) in [6, 6.07) is 15.4. The molecule has 1 fully saturated rings. The number of para-hydroxylation sites is 1. The van der Waals surface area contributed by atoms with Gasteiger partial charge in [0.05, 0.1) is 17.4 Å². The molecule has 1 unspecified atom stereocenters. The van der Waals surface area contributed by atoms with Gasteiger partial charge in [0, 0.05) is 30.0 Å². The van der Waals surface area contributed by atoms with Crippen LogP contribution in [-0.2, 0) is 0 Å². The number of aromatic nitrogens is 2. The Morgan fingerprint density at radius 2 is 1.87 bits per heavy atom. The zero-order valence-electron chi connectivity index (χ0n) is 17.3. The molecule has 1 aromatic heterocycles. The summed E-state index contributed by atoms with van der Waals surface area (Å²) < 4.78 is 1.67. The molecule has 0 spiro atoms. The molecule has 1 aliphatic heterocycles. The minimum absolute atomic E-state index is 0.0623. The molecule has 2 heterocycles. The molecule has 1 N–H and O–H groups in total. The third-order valence-electron chi connectivity index (χ3n) is 5.65. The Balaban J connectivity index is 1.47. The van der Waals surface area contributed by atoms with Crippen LogP contribution in [-0.4, -0.2) is 39.1 Å². The fraction of sp³-hybridized carbons (Fsp3) is 0.292. The van der Waals surface area contributed by atoms with E-state index in [4.69, 9.17) is 0 Å². The van der Waals surface area contributed by atoms with Crippen LogP contribution < -0.4 is 5.32 Å². The lowest BCUT2D eigenvalue weighted by atomic mass is 10.0. The Labute approximate surface area is 176 Å². The molecule has 30 heavy (non-hydrogen) atoms. The molecule has 0 radical (unpaired) electrons. The highest BCUT2D eigenvalue weighted by Gasteiger charge is 2.24. The average molecular weight is 402 g/mol. The van der Waals surface area contributed by atoms with E-state index in [1.807, 2.05) is 48.2 Å². The van der Waals surface area contributed by atoms with Crippen molar-refractivity contribution >= 4 is 17.5 Å². The van der Waals surface area contributed by atoms with E-state index < -0.39 is 0 Å². The zero-order chi connectivity index (χ0) is 21.1. The molecular formula is C24H26N4O2. The molecule has 4 rings (SSSR count). The Morgan fingerprint density at radius 3 is 2.60 bits per heavy atom. The predicted molar refractivity (Wildman–Crippen MR) is 117 cm³/mol. The maximum Gasteiger partial charge on any atom is 0.258 e. The Kier molecular flexibility index (Phi) is 5.65. The van der Waals surface area contributed by atoms with E-state index in [1.54, 1.807) is 29.2 Å². The van der Waals surface area contributed by atoms with Gasteiger partial charge in [-0.1, -0.05) is 18.2 Å². The number of likely N-dealkylation sites (tertiary alicyclic amines) is 1. The van der Waals surface area contributed by atoms with Gasteiger partial charge in [-0.25, -0.2) is 4.68 Å². The van der Waals surface area contributed by atoms with Crippen LogP contribution in [0.15, 0.2) is 60.9 Å². The van der Waals surface area contributed by atoms with Crippen molar-refractivity contribution in [2.24, 2.45) is 0 Å². The number of anilines is 1. The van der Waals surface area contributed by atoms with E-state index in [0.717, 1.165) is 30.6 Å². The van der Waals surface area contributed by atoms with Crippen LogP contribution in [0.3, 0.4) is 0 Å². The van der Waals surface area contributed by atoms with Gasteiger partial charge in [0.1, 0.15) is 0 Å². The predicted octanol–water partition coefficient (Wildman–Crippen LogP) is 4.45. The minimum Gasteiger partial charge on any atom is -0.336 e. The number of piperidine rings is 1. The van der Waals surface area contributed by atoms with Crippen LogP contribution in [0.5, 0.6) is 0 Å². The average Bonchev–Trinajstić information content (AvgIpc) is 3.26. The number of carbonyl (C=O) groups is 2. The zero-order valence-corrected chi connectivity index (χ0v) is 17.3. The van der Waals surface area contributed by atoms with Crippen molar-refractivity contribution in [3.8, 4) is 5.69 Å². The lowest BCUT2D eigenvalue weighted by Crippen LogP contribution is -2.42. The second-order valence-electron chi connectivity index (χ2n) is 7.84. The number of amides is 2. The molecule has 1 atom stereocenters. The molecule has 3 aromatic rings.